The number of phenols is 1. The summed E-state index contributed by atoms with van der Waals surface area (Å²) in [5.41, 5.74) is 2.86. The second-order valence-electron chi connectivity index (χ2n) is 5.86. The van der Waals surface area contributed by atoms with Gasteiger partial charge in [-0.1, -0.05) is 24.3 Å². The number of amides is 2. The van der Waals surface area contributed by atoms with E-state index in [2.05, 4.69) is 10.6 Å². The van der Waals surface area contributed by atoms with E-state index in [-0.39, 0.29) is 12.1 Å². The molecule has 0 unspecified atom stereocenters. The molecule has 0 spiro atoms. The topological polar surface area (TPSA) is 78.4 Å². The molecule has 0 heterocycles. The zero-order valence-corrected chi connectivity index (χ0v) is 14.2. The van der Waals surface area contributed by atoms with Crippen LogP contribution < -0.4 is 10.6 Å². The fraction of sp³-hybridized carbons (Fsp3) is 0.278. The third-order valence-corrected chi connectivity index (χ3v) is 5.20. The third kappa shape index (κ3) is 3.59. The van der Waals surface area contributed by atoms with Crippen LogP contribution in [-0.2, 0) is 23.8 Å². The molecule has 0 aromatic heterocycles. The Morgan fingerprint density at radius 3 is 2.71 bits per heavy atom. The molecule has 0 saturated carbocycles. The number of nitrogens with one attached hydrogen (secondary N) is 2. The Morgan fingerprint density at radius 2 is 2.00 bits per heavy atom. The summed E-state index contributed by atoms with van der Waals surface area (Å²) in [6, 6.07) is 12.4. The van der Waals surface area contributed by atoms with Crippen molar-refractivity contribution in [2.45, 2.75) is 30.3 Å². The van der Waals surface area contributed by atoms with Gasteiger partial charge in [-0.25, -0.2) is 4.79 Å². The van der Waals surface area contributed by atoms with E-state index < -0.39 is 10.8 Å². The van der Waals surface area contributed by atoms with Gasteiger partial charge in [0.2, 0.25) is 0 Å². The molecule has 5 nitrogen and oxygen atoms in total. The number of hydrogen-bond donors (Lipinski definition) is 3. The molecule has 1 aliphatic carbocycles. The van der Waals surface area contributed by atoms with E-state index in [9.17, 15) is 14.1 Å². The summed E-state index contributed by atoms with van der Waals surface area (Å²) >= 11 is 0. The summed E-state index contributed by atoms with van der Waals surface area (Å²) in [6.07, 6.45) is 3.19. The molecular weight excluding hydrogens is 324 g/mol. The average Bonchev–Trinajstić information content (AvgIpc) is 2.98. The van der Waals surface area contributed by atoms with E-state index in [1.807, 2.05) is 18.2 Å². The lowest BCUT2D eigenvalue weighted by molar-refractivity contribution is 0.236. The molecule has 0 fully saturated rings. The lowest BCUT2D eigenvalue weighted by Gasteiger charge is -2.15. The molecule has 2 aromatic rings. The first-order valence-corrected chi connectivity index (χ1v) is 9.38. The fourth-order valence-corrected chi connectivity index (χ4v) is 3.49. The van der Waals surface area contributed by atoms with Gasteiger partial charge >= 0.3 is 6.03 Å². The number of carbonyl (C=O) groups excluding carboxylic acids is 1. The zero-order chi connectivity index (χ0) is 17.1. The summed E-state index contributed by atoms with van der Waals surface area (Å²) in [5, 5.41) is 15.6. The van der Waals surface area contributed by atoms with Crippen molar-refractivity contribution in [3.8, 4) is 5.75 Å². The van der Waals surface area contributed by atoms with Gasteiger partial charge in [0.15, 0.2) is 0 Å². The Labute approximate surface area is 143 Å². The minimum Gasteiger partial charge on any atom is -0.508 e. The van der Waals surface area contributed by atoms with Crippen molar-refractivity contribution in [3.63, 3.8) is 0 Å². The molecule has 24 heavy (non-hydrogen) atoms. The Bertz CT molecular complexity index is 774. The van der Waals surface area contributed by atoms with Crippen molar-refractivity contribution in [1.82, 2.24) is 10.6 Å². The van der Waals surface area contributed by atoms with Crippen LogP contribution in [0.15, 0.2) is 47.4 Å². The first-order chi connectivity index (χ1) is 11.5. The van der Waals surface area contributed by atoms with Gasteiger partial charge in [-0.2, -0.15) is 0 Å². The molecule has 0 saturated heterocycles. The first kappa shape index (κ1) is 16.5. The summed E-state index contributed by atoms with van der Waals surface area (Å²) in [7, 11) is -0.997. The van der Waals surface area contributed by atoms with Gasteiger partial charge in [0.1, 0.15) is 5.75 Å². The van der Waals surface area contributed by atoms with E-state index in [4.69, 9.17) is 0 Å². The van der Waals surface area contributed by atoms with Gasteiger partial charge in [-0.15, -0.1) is 0 Å². The fourth-order valence-electron chi connectivity index (χ4n) is 2.98. The van der Waals surface area contributed by atoms with Crippen LogP contribution in [0.25, 0.3) is 0 Å². The lowest BCUT2D eigenvalue weighted by Crippen LogP contribution is -2.36. The standard InChI is InChI=1S/C18H20N2O3S/c1-24(23)13-7-5-12(6-8-13)11-19-18(22)20-16-10-9-15-14(16)3-2-4-17(15)21/h2-8,16,21H,9-11H2,1H3,(H2,19,20,22)/t16-,24-/m0/s1. The van der Waals surface area contributed by atoms with Gasteiger partial charge in [0.05, 0.1) is 6.04 Å². The first-order valence-electron chi connectivity index (χ1n) is 7.82. The highest BCUT2D eigenvalue weighted by atomic mass is 32.2. The highest BCUT2D eigenvalue weighted by molar-refractivity contribution is 7.84. The molecule has 0 bridgehead atoms. The summed E-state index contributed by atoms with van der Waals surface area (Å²) < 4.78 is 11.4. The van der Waals surface area contributed by atoms with Crippen LogP contribution in [0.3, 0.4) is 0 Å². The van der Waals surface area contributed by atoms with Crippen LogP contribution >= 0.6 is 0 Å². The van der Waals surface area contributed by atoms with E-state index in [0.29, 0.717) is 12.3 Å². The number of urea groups is 1. The predicted octanol–water partition coefficient (Wildman–Crippen LogP) is 2.62. The number of benzene rings is 2. The predicted molar refractivity (Wildman–Crippen MR) is 93.3 cm³/mol. The summed E-state index contributed by atoms with van der Waals surface area (Å²) in [4.78, 5) is 12.9. The quantitative estimate of drug-likeness (QED) is 0.798. The van der Waals surface area contributed by atoms with Crippen LogP contribution in [0.1, 0.15) is 29.2 Å². The van der Waals surface area contributed by atoms with E-state index in [0.717, 1.165) is 34.4 Å². The number of phenolic OH excluding ortho intramolecular Hbond substituents is 1. The second-order valence-corrected chi connectivity index (χ2v) is 7.24. The molecule has 2 aromatic carbocycles. The molecular formula is C18H20N2O3S. The average molecular weight is 344 g/mol. The van der Waals surface area contributed by atoms with Gasteiger partial charge in [0, 0.05) is 28.5 Å². The number of rotatable bonds is 4. The van der Waals surface area contributed by atoms with E-state index >= 15 is 0 Å². The monoisotopic (exact) mass is 344 g/mol. The number of fused-ring (bicyclic) bond motifs is 1. The van der Waals surface area contributed by atoms with Crippen molar-refractivity contribution in [2.24, 2.45) is 0 Å². The highest BCUT2D eigenvalue weighted by Crippen LogP contribution is 2.36. The van der Waals surface area contributed by atoms with Gasteiger partial charge in [-0.3, -0.25) is 4.21 Å². The minimum absolute atomic E-state index is 0.0722. The highest BCUT2D eigenvalue weighted by Gasteiger charge is 2.25. The van der Waals surface area contributed by atoms with Crippen molar-refractivity contribution < 1.29 is 14.1 Å². The van der Waals surface area contributed by atoms with Crippen molar-refractivity contribution in [2.75, 3.05) is 6.26 Å². The van der Waals surface area contributed by atoms with Crippen LogP contribution in [0.2, 0.25) is 0 Å². The van der Waals surface area contributed by atoms with Crippen LogP contribution in [-0.4, -0.2) is 21.6 Å². The Morgan fingerprint density at radius 1 is 1.25 bits per heavy atom. The van der Waals surface area contributed by atoms with Gasteiger partial charge < -0.3 is 15.7 Å². The number of carbonyl (C=O) groups is 1. The molecule has 3 rings (SSSR count). The number of hydrogen-bond acceptors (Lipinski definition) is 3. The second kappa shape index (κ2) is 7.05. The normalized spacial score (nSPS) is 17.1. The zero-order valence-electron chi connectivity index (χ0n) is 13.4. The molecule has 0 aliphatic heterocycles. The third-order valence-electron chi connectivity index (χ3n) is 4.26. The molecule has 2 amide bonds. The van der Waals surface area contributed by atoms with E-state index in [1.165, 1.54) is 0 Å². The van der Waals surface area contributed by atoms with Gasteiger partial charge in [-0.05, 0) is 47.7 Å². The van der Waals surface area contributed by atoms with Crippen LogP contribution in [0, 0.1) is 0 Å². The van der Waals surface area contributed by atoms with Crippen molar-refractivity contribution in [1.29, 1.82) is 0 Å². The largest absolute Gasteiger partial charge is 0.508 e. The molecule has 1 aliphatic rings. The van der Waals surface area contributed by atoms with Gasteiger partial charge in [0.25, 0.3) is 0 Å². The maximum Gasteiger partial charge on any atom is 0.315 e. The van der Waals surface area contributed by atoms with Crippen LogP contribution in [0.4, 0.5) is 4.79 Å². The Kier molecular flexibility index (Phi) is 4.85. The molecule has 2 atom stereocenters. The van der Waals surface area contributed by atoms with E-state index in [1.54, 1.807) is 30.5 Å². The molecule has 6 heteroatoms. The van der Waals surface area contributed by atoms with Crippen molar-refractivity contribution >= 4 is 16.8 Å². The molecule has 3 N–H and O–H groups in total. The lowest BCUT2D eigenvalue weighted by atomic mass is 10.1. The minimum atomic E-state index is -0.997. The summed E-state index contributed by atoms with van der Waals surface area (Å²) in [6.45, 7) is 0.405. The Balaban J connectivity index is 1.56. The van der Waals surface area contributed by atoms with Crippen LogP contribution in [0.5, 0.6) is 5.75 Å². The molecule has 126 valence electrons. The Hall–Kier alpha value is -2.34. The van der Waals surface area contributed by atoms with Crippen molar-refractivity contribution in [3.05, 3.63) is 59.2 Å². The number of aromatic hydroxyl groups is 1. The smallest absolute Gasteiger partial charge is 0.315 e. The maximum atomic E-state index is 12.1. The SMILES string of the molecule is C[S@](=O)c1ccc(CNC(=O)N[C@H]2CCc3c(O)cccc32)cc1. The maximum absolute atomic E-state index is 12.1. The summed E-state index contributed by atoms with van der Waals surface area (Å²) in [5.74, 6) is 0.297. The molecule has 0 radical (unpaired) electrons.